The van der Waals surface area contributed by atoms with Gasteiger partial charge in [-0.05, 0) is 36.2 Å². The van der Waals surface area contributed by atoms with E-state index in [0.29, 0.717) is 6.54 Å². The molecule has 1 unspecified atom stereocenters. The lowest BCUT2D eigenvalue weighted by Crippen LogP contribution is -2.30. The highest BCUT2D eigenvalue weighted by Gasteiger charge is 2.18. The molecular weight excluding hydrogens is 224 g/mol. The summed E-state index contributed by atoms with van der Waals surface area (Å²) in [6, 6.07) is 12.5. The van der Waals surface area contributed by atoms with Crippen LogP contribution in [0.3, 0.4) is 0 Å². The minimum Gasteiger partial charge on any atom is -0.467 e. The lowest BCUT2D eigenvalue weighted by Gasteiger charge is -2.27. The van der Waals surface area contributed by atoms with E-state index in [1.165, 1.54) is 5.56 Å². The maximum absolute atomic E-state index is 5.86. The van der Waals surface area contributed by atoms with E-state index in [4.69, 9.17) is 10.2 Å². The van der Waals surface area contributed by atoms with E-state index in [-0.39, 0.29) is 6.04 Å². The maximum Gasteiger partial charge on any atom is 0.127 e. The van der Waals surface area contributed by atoms with Crippen molar-refractivity contribution in [3.8, 4) is 0 Å². The molecule has 1 atom stereocenters. The Kier molecular flexibility index (Phi) is 4.05. The van der Waals surface area contributed by atoms with Crippen LogP contribution in [0.1, 0.15) is 24.3 Å². The Balaban J connectivity index is 2.20. The number of nitrogens with two attached hydrogens (primary N) is 1. The number of hydrogen-bond acceptors (Lipinski definition) is 3. The molecule has 0 aliphatic heterocycles. The van der Waals surface area contributed by atoms with Gasteiger partial charge in [-0.1, -0.05) is 19.1 Å². The molecule has 96 valence electrons. The number of furan rings is 1. The summed E-state index contributed by atoms with van der Waals surface area (Å²) < 4.78 is 5.45. The third kappa shape index (κ3) is 2.57. The molecule has 2 aromatic rings. The van der Waals surface area contributed by atoms with Crippen molar-refractivity contribution in [1.29, 1.82) is 0 Å². The van der Waals surface area contributed by atoms with Crippen molar-refractivity contribution in [1.82, 2.24) is 0 Å². The Morgan fingerprint density at radius 1 is 1.22 bits per heavy atom. The van der Waals surface area contributed by atoms with Crippen LogP contribution < -0.4 is 10.6 Å². The standard InChI is InChI=1S/C15H20N2O/c1-3-12-6-8-13(9-7-12)17(2)14(11-16)15-5-4-10-18-15/h4-10,14H,3,11,16H2,1-2H3. The van der Waals surface area contributed by atoms with E-state index >= 15 is 0 Å². The van der Waals surface area contributed by atoms with Crippen molar-refractivity contribution in [2.45, 2.75) is 19.4 Å². The van der Waals surface area contributed by atoms with Gasteiger partial charge in [-0.15, -0.1) is 0 Å². The number of nitrogens with zero attached hydrogens (tertiary/aromatic N) is 1. The molecule has 0 aliphatic rings. The molecule has 0 saturated carbocycles. The molecule has 0 saturated heterocycles. The first kappa shape index (κ1) is 12.7. The molecule has 1 heterocycles. The van der Waals surface area contributed by atoms with E-state index < -0.39 is 0 Å². The van der Waals surface area contributed by atoms with Gasteiger partial charge in [-0.25, -0.2) is 0 Å². The van der Waals surface area contributed by atoms with Gasteiger partial charge in [0.05, 0.1) is 12.3 Å². The summed E-state index contributed by atoms with van der Waals surface area (Å²) >= 11 is 0. The third-order valence-corrected chi connectivity index (χ3v) is 3.31. The van der Waals surface area contributed by atoms with Gasteiger partial charge < -0.3 is 15.1 Å². The van der Waals surface area contributed by atoms with E-state index in [1.807, 2.05) is 19.2 Å². The normalized spacial score (nSPS) is 12.4. The average molecular weight is 244 g/mol. The summed E-state index contributed by atoms with van der Waals surface area (Å²) in [5.41, 5.74) is 8.35. The zero-order valence-electron chi connectivity index (χ0n) is 11.0. The fourth-order valence-corrected chi connectivity index (χ4v) is 2.09. The Labute approximate surface area is 108 Å². The summed E-state index contributed by atoms with van der Waals surface area (Å²) in [5.74, 6) is 0.902. The predicted octanol–water partition coefficient (Wildman–Crippen LogP) is 2.98. The third-order valence-electron chi connectivity index (χ3n) is 3.31. The summed E-state index contributed by atoms with van der Waals surface area (Å²) in [6.45, 7) is 2.68. The van der Waals surface area contributed by atoms with Crippen LogP contribution in [-0.4, -0.2) is 13.6 Å². The fourth-order valence-electron chi connectivity index (χ4n) is 2.09. The summed E-state index contributed by atoms with van der Waals surface area (Å²) in [7, 11) is 2.04. The minimum absolute atomic E-state index is 0.0764. The highest BCUT2D eigenvalue weighted by atomic mass is 16.3. The Morgan fingerprint density at radius 3 is 2.44 bits per heavy atom. The van der Waals surface area contributed by atoms with Crippen molar-refractivity contribution in [2.75, 3.05) is 18.5 Å². The quantitative estimate of drug-likeness (QED) is 0.879. The number of aryl methyl sites for hydroxylation is 1. The first-order valence-electron chi connectivity index (χ1n) is 6.31. The van der Waals surface area contributed by atoms with Crippen molar-refractivity contribution in [2.24, 2.45) is 5.73 Å². The molecule has 0 fully saturated rings. The Morgan fingerprint density at radius 2 is 1.94 bits per heavy atom. The van der Waals surface area contributed by atoms with E-state index in [1.54, 1.807) is 6.26 Å². The van der Waals surface area contributed by atoms with Gasteiger partial charge in [0.2, 0.25) is 0 Å². The van der Waals surface area contributed by atoms with Gasteiger partial charge in [0, 0.05) is 19.3 Å². The second-order valence-corrected chi connectivity index (χ2v) is 4.40. The Bertz CT molecular complexity index is 462. The van der Waals surface area contributed by atoms with Crippen LogP contribution >= 0.6 is 0 Å². The van der Waals surface area contributed by atoms with Crippen molar-refractivity contribution >= 4 is 5.69 Å². The van der Waals surface area contributed by atoms with Crippen LogP contribution in [0.5, 0.6) is 0 Å². The lowest BCUT2D eigenvalue weighted by molar-refractivity contribution is 0.460. The molecule has 2 N–H and O–H groups in total. The average Bonchev–Trinajstić information content (AvgIpc) is 2.93. The highest BCUT2D eigenvalue weighted by molar-refractivity contribution is 5.48. The van der Waals surface area contributed by atoms with Gasteiger partial charge in [0.15, 0.2) is 0 Å². The van der Waals surface area contributed by atoms with Gasteiger partial charge >= 0.3 is 0 Å². The summed E-state index contributed by atoms with van der Waals surface area (Å²) in [6.07, 6.45) is 2.74. The monoisotopic (exact) mass is 244 g/mol. The zero-order chi connectivity index (χ0) is 13.0. The first-order chi connectivity index (χ1) is 8.76. The molecule has 1 aromatic heterocycles. The second kappa shape index (κ2) is 5.74. The molecule has 3 nitrogen and oxygen atoms in total. The molecule has 2 rings (SSSR count). The molecule has 0 spiro atoms. The van der Waals surface area contributed by atoms with Crippen LogP contribution in [0.25, 0.3) is 0 Å². The van der Waals surface area contributed by atoms with Crippen molar-refractivity contribution in [3.05, 3.63) is 54.0 Å². The molecule has 3 heteroatoms. The molecule has 18 heavy (non-hydrogen) atoms. The zero-order valence-corrected chi connectivity index (χ0v) is 11.0. The van der Waals surface area contributed by atoms with Gasteiger partial charge in [0.25, 0.3) is 0 Å². The molecular formula is C15H20N2O. The van der Waals surface area contributed by atoms with Crippen LogP contribution in [0, 0.1) is 0 Å². The minimum atomic E-state index is 0.0764. The van der Waals surface area contributed by atoms with Crippen LogP contribution in [0.2, 0.25) is 0 Å². The predicted molar refractivity (Wildman–Crippen MR) is 74.7 cm³/mol. The first-order valence-corrected chi connectivity index (χ1v) is 6.31. The van der Waals surface area contributed by atoms with Gasteiger partial charge in [-0.2, -0.15) is 0 Å². The smallest absolute Gasteiger partial charge is 0.127 e. The molecule has 0 aliphatic carbocycles. The topological polar surface area (TPSA) is 42.4 Å². The van der Waals surface area contributed by atoms with Gasteiger partial charge in [-0.3, -0.25) is 0 Å². The number of anilines is 1. The highest BCUT2D eigenvalue weighted by Crippen LogP contribution is 2.25. The number of rotatable bonds is 5. The van der Waals surface area contributed by atoms with Gasteiger partial charge in [0.1, 0.15) is 5.76 Å². The maximum atomic E-state index is 5.86. The van der Waals surface area contributed by atoms with E-state index in [0.717, 1.165) is 17.9 Å². The Hall–Kier alpha value is -1.74. The lowest BCUT2D eigenvalue weighted by atomic mass is 10.1. The molecule has 0 amide bonds. The van der Waals surface area contributed by atoms with E-state index in [2.05, 4.69) is 36.1 Å². The summed E-state index contributed by atoms with van der Waals surface area (Å²) in [4.78, 5) is 2.15. The fraction of sp³-hybridized carbons (Fsp3) is 0.333. The van der Waals surface area contributed by atoms with Crippen molar-refractivity contribution in [3.63, 3.8) is 0 Å². The summed E-state index contributed by atoms with van der Waals surface area (Å²) in [5, 5.41) is 0. The largest absolute Gasteiger partial charge is 0.467 e. The molecule has 0 radical (unpaired) electrons. The van der Waals surface area contributed by atoms with Crippen LogP contribution in [0.15, 0.2) is 47.1 Å². The molecule has 1 aromatic carbocycles. The van der Waals surface area contributed by atoms with E-state index in [9.17, 15) is 0 Å². The second-order valence-electron chi connectivity index (χ2n) is 4.40. The SMILES string of the molecule is CCc1ccc(N(C)C(CN)c2ccco2)cc1. The van der Waals surface area contributed by atoms with Crippen molar-refractivity contribution < 1.29 is 4.42 Å². The van der Waals surface area contributed by atoms with Crippen LogP contribution in [-0.2, 0) is 6.42 Å². The van der Waals surface area contributed by atoms with Crippen LogP contribution in [0.4, 0.5) is 5.69 Å². The number of likely N-dealkylation sites (N-methyl/N-ethyl adjacent to an activating group) is 1. The number of benzene rings is 1. The molecule has 0 bridgehead atoms. The number of hydrogen-bond donors (Lipinski definition) is 1.